The number of rotatable bonds is 2. The van der Waals surface area contributed by atoms with E-state index in [4.69, 9.17) is 4.74 Å². The predicted molar refractivity (Wildman–Crippen MR) is 97.1 cm³/mol. The van der Waals surface area contributed by atoms with E-state index in [1.54, 1.807) is 12.1 Å². The van der Waals surface area contributed by atoms with Gasteiger partial charge in [-0.25, -0.2) is 0 Å². The third-order valence-corrected chi connectivity index (χ3v) is 3.61. The Bertz CT molecular complexity index is 780. The van der Waals surface area contributed by atoms with Crippen molar-refractivity contribution in [2.75, 3.05) is 5.32 Å². The van der Waals surface area contributed by atoms with Crippen molar-refractivity contribution in [3.63, 3.8) is 0 Å². The minimum Gasteiger partial charge on any atom is -0.426 e. The van der Waals surface area contributed by atoms with Gasteiger partial charge in [-0.3, -0.25) is 9.59 Å². The van der Waals surface area contributed by atoms with Crippen LogP contribution < -0.4 is 10.1 Å². The van der Waals surface area contributed by atoms with Gasteiger partial charge < -0.3 is 10.1 Å². The summed E-state index contributed by atoms with van der Waals surface area (Å²) in [6.07, 6.45) is 0. The van der Waals surface area contributed by atoms with Gasteiger partial charge in [-0.05, 0) is 44.4 Å². The molecule has 0 aliphatic carbocycles. The Morgan fingerprint density at radius 3 is 2.17 bits per heavy atom. The molecule has 2 aromatic carbocycles. The topological polar surface area (TPSA) is 55.4 Å². The largest absolute Gasteiger partial charge is 0.426 e. The molecule has 2 rings (SSSR count). The van der Waals surface area contributed by atoms with Gasteiger partial charge in [0.05, 0.1) is 5.41 Å². The van der Waals surface area contributed by atoms with E-state index in [-0.39, 0.29) is 11.9 Å². The van der Waals surface area contributed by atoms with E-state index in [1.807, 2.05) is 65.8 Å². The summed E-state index contributed by atoms with van der Waals surface area (Å²) in [4.78, 5) is 24.3. The van der Waals surface area contributed by atoms with E-state index < -0.39 is 10.8 Å². The number of benzene rings is 2. The lowest BCUT2D eigenvalue weighted by molar-refractivity contribution is -0.143. The van der Waals surface area contributed by atoms with Gasteiger partial charge in [0.2, 0.25) is 5.91 Å². The monoisotopic (exact) mass is 327 g/mol. The molecule has 0 saturated carbocycles. The summed E-state index contributed by atoms with van der Waals surface area (Å²) in [5.74, 6) is 0.116. The second-order valence-electron chi connectivity index (χ2n) is 8.03. The summed E-state index contributed by atoms with van der Waals surface area (Å²) < 4.78 is 5.46. The molecule has 0 aliphatic rings. The lowest BCUT2D eigenvalue weighted by atomic mass is 9.95. The first-order valence-electron chi connectivity index (χ1n) is 8.05. The number of amides is 1. The molecular weight excluding hydrogens is 302 g/mol. The van der Waals surface area contributed by atoms with Crippen LogP contribution in [0.25, 0.3) is 10.8 Å². The maximum Gasteiger partial charge on any atom is 0.316 e. The Morgan fingerprint density at radius 2 is 1.58 bits per heavy atom. The number of fused-ring (bicyclic) bond motifs is 1. The fraction of sp³-hybridized carbons (Fsp3) is 0.400. The van der Waals surface area contributed by atoms with Crippen LogP contribution in [0.15, 0.2) is 36.4 Å². The lowest BCUT2D eigenvalue weighted by Gasteiger charge is -2.19. The average molecular weight is 327 g/mol. The van der Waals surface area contributed by atoms with Crippen LogP contribution in [-0.2, 0) is 9.59 Å². The fourth-order valence-corrected chi connectivity index (χ4v) is 1.99. The number of anilines is 1. The molecule has 0 aliphatic heterocycles. The molecule has 0 heterocycles. The number of nitrogens with one attached hydrogen (secondary N) is 1. The first kappa shape index (κ1) is 18.0. The summed E-state index contributed by atoms with van der Waals surface area (Å²) in [5.41, 5.74) is -0.353. The van der Waals surface area contributed by atoms with E-state index in [2.05, 4.69) is 5.32 Å². The van der Waals surface area contributed by atoms with Crippen LogP contribution in [0.4, 0.5) is 5.69 Å². The SMILES string of the molecule is CC(C)(C)C(=O)Nc1cccc2ccc(OC(=O)C(C)(C)C)cc12. The van der Waals surface area contributed by atoms with Crippen LogP contribution in [0.3, 0.4) is 0 Å². The summed E-state index contributed by atoms with van der Waals surface area (Å²) in [7, 11) is 0. The highest BCUT2D eigenvalue weighted by atomic mass is 16.5. The van der Waals surface area contributed by atoms with Gasteiger partial charge in [-0.15, -0.1) is 0 Å². The summed E-state index contributed by atoms with van der Waals surface area (Å²) in [6.45, 7) is 11.0. The first-order chi connectivity index (χ1) is 11.0. The van der Waals surface area contributed by atoms with Crippen LogP contribution >= 0.6 is 0 Å². The van der Waals surface area contributed by atoms with Gasteiger partial charge in [-0.2, -0.15) is 0 Å². The van der Waals surface area contributed by atoms with Crippen molar-refractivity contribution in [3.05, 3.63) is 36.4 Å². The van der Waals surface area contributed by atoms with Crippen LogP contribution in [0, 0.1) is 10.8 Å². The maximum absolute atomic E-state index is 12.3. The number of carbonyl (C=O) groups is 2. The lowest BCUT2D eigenvalue weighted by Crippen LogP contribution is -2.27. The average Bonchev–Trinajstić information content (AvgIpc) is 2.45. The molecule has 1 N–H and O–H groups in total. The van der Waals surface area contributed by atoms with E-state index in [0.29, 0.717) is 11.4 Å². The van der Waals surface area contributed by atoms with Crippen LogP contribution in [-0.4, -0.2) is 11.9 Å². The van der Waals surface area contributed by atoms with E-state index in [0.717, 1.165) is 10.8 Å². The quantitative estimate of drug-likeness (QED) is 0.638. The number of hydrogen-bond acceptors (Lipinski definition) is 3. The Hall–Kier alpha value is -2.36. The molecule has 128 valence electrons. The zero-order chi connectivity index (χ0) is 18.1. The predicted octanol–water partition coefficient (Wildman–Crippen LogP) is 4.78. The van der Waals surface area contributed by atoms with Crippen molar-refractivity contribution in [2.24, 2.45) is 10.8 Å². The standard InChI is InChI=1S/C20H25NO3/c1-19(2,3)17(22)21-16-9-7-8-13-10-11-14(12-15(13)16)24-18(23)20(4,5)6/h7-12H,1-6H3,(H,21,22). The van der Waals surface area contributed by atoms with E-state index in [9.17, 15) is 9.59 Å². The Balaban J connectivity index is 2.38. The number of esters is 1. The van der Waals surface area contributed by atoms with Gasteiger partial charge in [-0.1, -0.05) is 39.0 Å². The minimum atomic E-state index is -0.574. The summed E-state index contributed by atoms with van der Waals surface area (Å²) in [6, 6.07) is 11.1. The molecule has 0 saturated heterocycles. The molecule has 4 heteroatoms. The highest BCUT2D eigenvalue weighted by Gasteiger charge is 2.24. The molecule has 0 aromatic heterocycles. The Kier molecular flexibility index (Phi) is 4.70. The van der Waals surface area contributed by atoms with E-state index >= 15 is 0 Å². The Labute approximate surface area is 143 Å². The molecule has 1 amide bonds. The third-order valence-electron chi connectivity index (χ3n) is 3.61. The molecule has 0 fully saturated rings. The fourth-order valence-electron chi connectivity index (χ4n) is 1.99. The highest BCUT2D eigenvalue weighted by Crippen LogP contribution is 2.30. The van der Waals surface area contributed by atoms with Gasteiger partial charge in [0.25, 0.3) is 0 Å². The van der Waals surface area contributed by atoms with Gasteiger partial charge in [0, 0.05) is 16.5 Å². The normalized spacial score (nSPS) is 12.1. The molecule has 4 nitrogen and oxygen atoms in total. The van der Waals surface area contributed by atoms with Crippen LogP contribution in [0.2, 0.25) is 0 Å². The van der Waals surface area contributed by atoms with Crippen molar-refractivity contribution in [1.29, 1.82) is 0 Å². The van der Waals surface area contributed by atoms with Crippen molar-refractivity contribution in [3.8, 4) is 5.75 Å². The third kappa shape index (κ3) is 4.13. The zero-order valence-corrected chi connectivity index (χ0v) is 15.2. The van der Waals surface area contributed by atoms with Gasteiger partial charge in [0.1, 0.15) is 5.75 Å². The molecule has 2 aromatic rings. The molecule has 0 radical (unpaired) electrons. The molecular formula is C20H25NO3. The highest BCUT2D eigenvalue weighted by molar-refractivity contribution is 6.04. The van der Waals surface area contributed by atoms with Crippen molar-refractivity contribution in [2.45, 2.75) is 41.5 Å². The molecule has 0 atom stereocenters. The van der Waals surface area contributed by atoms with Crippen molar-refractivity contribution in [1.82, 2.24) is 0 Å². The number of carbonyl (C=O) groups excluding carboxylic acids is 2. The first-order valence-corrected chi connectivity index (χ1v) is 8.05. The van der Waals surface area contributed by atoms with Crippen molar-refractivity contribution >= 4 is 28.3 Å². The number of ether oxygens (including phenoxy) is 1. The van der Waals surface area contributed by atoms with Crippen LogP contribution in [0.5, 0.6) is 5.75 Å². The molecule has 0 bridgehead atoms. The molecule has 0 unspecified atom stereocenters. The number of hydrogen-bond donors (Lipinski definition) is 1. The summed E-state index contributed by atoms with van der Waals surface area (Å²) in [5, 5.41) is 4.77. The maximum atomic E-state index is 12.3. The Morgan fingerprint density at radius 1 is 0.917 bits per heavy atom. The zero-order valence-electron chi connectivity index (χ0n) is 15.2. The van der Waals surface area contributed by atoms with E-state index in [1.165, 1.54) is 0 Å². The van der Waals surface area contributed by atoms with Crippen LogP contribution in [0.1, 0.15) is 41.5 Å². The second-order valence-corrected chi connectivity index (χ2v) is 8.03. The molecule has 24 heavy (non-hydrogen) atoms. The smallest absolute Gasteiger partial charge is 0.316 e. The minimum absolute atomic E-state index is 0.0629. The summed E-state index contributed by atoms with van der Waals surface area (Å²) >= 11 is 0. The molecule has 0 spiro atoms. The second kappa shape index (κ2) is 6.27. The van der Waals surface area contributed by atoms with Gasteiger partial charge >= 0.3 is 5.97 Å². The van der Waals surface area contributed by atoms with Crippen molar-refractivity contribution < 1.29 is 14.3 Å². The van der Waals surface area contributed by atoms with Gasteiger partial charge in [0.15, 0.2) is 0 Å².